The Balaban J connectivity index is 1.89. The molecule has 0 amide bonds. The third-order valence-electron chi connectivity index (χ3n) is 4.72. The summed E-state index contributed by atoms with van der Waals surface area (Å²) in [7, 11) is 3.09. The molecule has 1 aromatic carbocycles. The summed E-state index contributed by atoms with van der Waals surface area (Å²) in [6.07, 6.45) is 10.7. The molecule has 0 atom stereocenters. The molecule has 0 fully saturated rings. The standard InChI is InChI=1S/C23H32O2S4/c1-3-5-7-9-12-18-13-11-14-19(16-18)17-27-23-20(22(26)28-29-23)21(24)25-15-10-8-6-4-2/h11,13-14,16H,3-10,12,15,17H2,1-2H3. The van der Waals surface area contributed by atoms with Crippen LogP contribution in [0.15, 0.2) is 28.5 Å². The third kappa shape index (κ3) is 8.91. The second-order valence-electron chi connectivity index (χ2n) is 7.23. The van der Waals surface area contributed by atoms with Crippen LogP contribution in [0.25, 0.3) is 0 Å². The molecule has 0 saturated heterocycles. The highest BCUT2D eigenvalue weighted by Crippen LogP contribution is 2.36. The van der Waals surface area contributed by atoms with Gasteiger partial charge in [-0.3, -0.25) is 0 Å². The molecule has 0 unspecified atom stereocenters. The van der Waals surface area contributed by atoms with Crippen LogP contribution in [-0.2, 0) is 16.9 Å². The molecule has 0 saturated carbocycles. The van der Waals surface area contributed by atoms with Crippen molar-refractivity contribution in [2.45, 2.75) is 81.6 Å². The Hall–Kier alpha value is -0.690. The summed E-state index contributed by atoms with van der Waals surface area (Å²) in [5.74, 6) is 0.595. The van der Waals surface area contributed by atoms with Crippen LogP contribution in [0.5, 0.6) is 0 Å². The SMILES string of the molecule is CCCCCCOC(=O)c1c(SCc2cccc(CCCCCC)c2)ssc1=S. The number of hydrogen-bond acceptors (Lipinski definition) is 6. The van der Waals surface area contributed by atoms with Crippen LogP contribution >= 0.6 is 44.7 Å². The van der Waals surface area contributed by atoms with Crippen molar-refractivity contribution in [1.29, 1.82) is 0 Å². The lowest BCUT2D eigenvalue weighted by Gasteiger charge is -2.07. The van der Waals surface area contributed by atoms with Crippen LogP contribution in [0.3, 0.4) is 0 Å². The van der Waals surface area contributed by atoms with E-state index in [1.807, 2.05) is 0 Å². The van der Waals surface area contributed by atoms with Gasteiger partial charge in [-0.25, -0.2) is 4.79 Å². The molecular weight excluding hydrogens is 437 g/mol. The normalized spacial score (nSPS) is 11.0. The largest absolute Gasteiger partial charge is 0.462 e. The van der Waals surface area contributed by atoms with Gasteiger partial charge in [-0.05, 0) is 30.4 Å². The fraction of sp³-hybridized carbons (Fsp3) is 0.565. The van der Waals surface area contributed by atoms with Gasteiger partial charge in [0.2, 0.25) is 0 Å². The number of carbonyl (C=O) groups excluding carboxylic acids is 1. The Bertz CT molecular complexity index is 794. The fourth-order valence-corrected chi connectivity index (χ4v) is 7.36. The maximum Gasteiger partial charge on any atom is 0.342 e. The molecule has 160 valence electrons. The van der Waals surface area contributed by atoms with Crippen molar-refractivity contribution in [2.24, 2.45) is 0 Å². The van der Waals surface area contributed by atoms with E-state index in [1.165, 1.54) is 60.0 Å². The van der Waals surface area contributed by atoms with E-state index in [0.717, 1.165) is 29.2 Å². The van der Waals surface area contributed by atoms with Crippen molar-refractivity contribution in [3.8, 4) is 0 Å². The Morgan fingerprint density at radius 2 is 1.72 bits per heavy atom. The van der Waals surface area contributed by atoms with E-state index in [9.17, 15) is 4.79 Å². The van der Waals surface area contributed by atoms with E-state index in [-0.39, 0.29) is 5.97 Å². The molecule has 0 aliphatic heterocycles. The summed E-state index contributed by atoms with van der Waals surface area (Å²) in [5.41, 5.74) is 3.31. The Labute approximate surface area is 192 Å². The van der Waals surface area contributed by atoms with E-state index < -0.39 is 0 Å². The first-order valence-electron chi connectivity index (χ1n) is 10.7. The van der Waals surface area contributed by atoms with Gasteiger partial charge in [-0.2, -0.15) is 0 Å². The van der Waals surface area contributed by atoms with Crippen LogP contribution in [-0.4, -0.2) is 12.6 Å². The summed E-state index contributed by atoms with van der Waals surface area (Å²) < 4.78 is 7.13. The highest BCUT2D eigenvalue weighted by molar-refractivity contribution is 8.02. The lowest BCUT2D eigenvalue weighted by atomic mass is 10.0. The zero-order chi connectivity index (χ0) is 20.9. The van der Waals surface area contributed by atoms with Crippen molar-refractivity contribution >= 4 is 50.6 Å². The molecular formula is C23H32O2S4. The molecule has 0 aliphatic rings. The zero-order valence-corrected chi connectivity index (χ0v) is 20.8. The number of rotatable bonds is 14. The summed E-state index contributed by atoms with van der Waals surface area (Å²) in [6, 6.07) is 8.83. The van der Waals surface area contributed by atoms with Gasteiger partial charge in [0.15, 0.2) is 0 Å². The number of aryl methyl sites for hydroxylation is 1. The molecule has 2 rings (SSSR count). The predicted octanol–water partition coefficient (Wildman–Crippen LogP) is 8.69. The molecule has 0 spiro atoms. The molecule has 29 heavy (non-hydrogen) atoms. The van der Waals surface area contributed by atoms with E-state index >= 15 is 0 Å². The van der Waals surface area contributed by atoms with Crippen molar-refractivity contribution in [3.63, 3.8) is 0 Å². The average molecular weight is 469 g/mol. The van der Waals surface area contributed by atoms with Gasteiger partial charge in [0, 0.05) is 5.75 Å². The van der Waals surface area contributed by atoms with Crippen LogP contribution in [0.2, 0.25) is 0 Å². The Morgan fingerprint density at radius 3 is 2.48 bits per heavy atom. The van der Waals surface area contributed by atoms with Crippen LogP contribution in [0.1, 0.15) is 86.7 Å². The van der Waals surface area contributed by atoms with Crippen LogP contribution < -0.4 is 0 Å². The molecule has 0 N–H and O–H groups in total. The summed E-state index contributed by atoms with van der Waals surface area (Å²) in [5, 5.41) is 0. The average Bonchev–Trinajstić information content (AvgIpc) is 3.10. The molecule has 0 radical (unpaired) electrons. The second-order valence-corrected chi connectivity index (χ2v) is 11.3. The molecule has 1 aromatic heterocycles. The van der Waals surface area contributed by atoms with E-state index in [0.29, 0.717) is 16.0 Å². The summed E-state index contributed by atoms with van der Waals surface area (Å²) in [4.78, 5) is 12.5. The maximum absolute atomic E-state index is 12.5. The number of benzene rings is 1. The lowest BCUT2D eigenvalue weighted by Crippen LogP contribution is -2.07. The minimum absolute atomic E-state index is 0.254. The van der Waals surface area contributed by atoms with Crippen LogP contribution in [0.4, 0.5) is 0 Å². The molecule has 1 heterocycles. The zero-order valence-electron chi connectivity index (χ0n) is 17.5. The van der Waals surface area contributed by atoms with Crippen molar-refractivity contribution < 1.29 is 9.53 Å². The van der Waals surface area contributed by atoms with Gasteiger partial charge in [0.1, 0.15) is 9.39 Å². The summed E-state index contributed by atoms with van der Waals surface area (Å²) in [6.45, 7) is 4.90. The smallest absolute Gasteiger partial charge is 0.342 e. The molecule has 0 aliphatic carbocycles. The first-order valence-corrected chi connectivity index (χ1v) is 14.2. The Morgan fingerprint density at radius 1 is 1.00 bits per heavy atom. The van der Waals surface area contributed by atoms with Crippen LogP contribution in [0, 0.1) is 3.82 Å². The number of hydrogen-bond donors (Lipinski definition) is 0. The minimum atomic E-state index is -0.254. The Kier molecular flexibility index (Phi) is 12.2. The molecule has 2 aromatic rings. The highest BCUT2D eigenvalue weighted by Gasteiger charge is 2.18. The number of esters is 1. The van der Waals surface area contributed by atoms with Crippen molar-refractivity contribution in [2.75, 3.05) is 6.61 Å². The van der Waals surface area contributed by atoms with Gasteiger partial charge in [-0.15, -0.1) is 11.8 Å². The second kappa shape index (κ2) is 14.3. The topological polar surface area (TPSA) is 26.3 Å². The van der Waals surface area contributed by atoms with Gasteiger partial charge in [0.25, 0.3) is 0 Å². The minimum Gasteiger partial charge on any atom is -0.462 e. The van der Waals surface area contributed by atoms with Crippen molar-refractivity contribution in [3.05, 3.63) is 44.8 Å². The molecule has 2 nitrogen and oxygen atoms in total. The van der Waals surface area contributed by atoms with Gasteiger partial charge < -0.3 is 4.74 Å². The quantitative estimate of drug-likeness (QED) is 0.0910. The predicted molar refractivity (Wildman–Crippen MR) is 131 cm³/mol. The highest BCUT2D eigenvalue weighted by atomic mass is 32.9. The number of unbranched alkanes of at least 4 members (excludes halogenated alkanes) is 6. The number of thioether (sulfide) groups is 1. The first kappa shape index (κ1) is 24.6. The maximum atomic E-state index is 12.5. The number of carbonyl (C=O) groups is 1. The fourth-order valence-electron chi connectivity index (χ4n) is 3.05. The van der Waals surface area contributed by atoms with Gasteiger partial charge in [-0.1, -0.05) is 110 Å². The van der Waals surface area contributed by atoms with E-state index in [1.54, 1.807) is 22.1 Å². The van der Waals surface area contributed by atoms with Gasteiger partial charge in [0.05, 0.1) is 10.8 Å². The molecule has 6 heteroatoms. The van der Waals surface area contributed by atoms with Gasteiger partial charge >= 0.3 is 5.97 Å². The van der Waals surface area contributed by atoms with Crippen molar-refractivity contribution in [1.82, 2.24) is 0 Å². The van der Waals surface area contributed by atoms with E-state index in [4.69, 9.17) is 17.0 Å². The number of ether oxygens (including phenoxy) is 1. The summed E-state index contributed by atoms with van der Waals surface area (Å²) >= 11 is 7.10. The van der Waals surface area contributed by atoms with E-state index in [2.05, 4.69) is 38.1 Å². The third-order valence-corrected chi connectivity index (χ3v) is 9.40. The molecule has 0 bridgehead atoms. The first-order chi connectivity index (χ1) is 14.2. The monoisotopic (exact) mass is 468 g/mol. The lowest BCUT2D eigenvalue weighted by molar-refractivity contribution is 0.0494.